The van der Waals surface area contributed by atoms with E-state index in [0.29, 0.717) is 11.5 Å². The average molecular weight is 241 g/mol. The van der Waals surface area contributed by atoms with E-state index in [0.717, 1.165) is 0 Å². The fourth-order valence-electron chi connectivity index (χ4n) is 1.31. The smallest absolute Gasteiger partial charge is 0.269 e. The van der Waals surface area contributed by atoms with Crippen LogP contribution in [0, 0.1) is 21.4 Å². The molecule has 1 aromatic carbocycles. The van der Waals surface area contributed by atoms with Crippen molar-refractivity contribution in [3.63, 3.8) is 0 Å². The molecule has 0 radical (unpaired) electrons. The van der Waals surface area contributed by atoms with Crippen molar-refractivity contribution in [2.45, 2.75) is 0 Å². The predicted molar refractivity (Wildman–Crippen MR) is 62.1 cm³/mol. The lowest BCUT2D eigenvalue weighted by molar-refractivity contribution is -0.384. The molecule has 0 atom stereocenters. The summed E-state index contributed by atoms with van der Waals surface area (Å²) in [5, 5.41) is 19.2. The molecule has 2 aromatic rings. The van der Waals surface area contributed by atoms with Gasteiger partial charge in [0.2, 0.25) is 0 Å². The number of nitro groups is 1. The van der Waals surface area contributed by atoms with E-state index in [2.05, 4.69) is 4.98 Å². The van der Waals surface area contributed by atoms with Gasteiger partial charge in [-0.2, -0.15) is 5.26 Å². The van der Waals surface area contributed by atoms with Crippen molar-refractivity contribution in [1.82, 2.24) is 4.98 Å². The Labute approximate surface area is 102 Å². The molecule has 6 heteroatoms. The molecule has 0 spiro atoms. The minimum atomic E-state index is -0.482. The van der Waals surface area contributed by atoms with Gasteiger partial charge in [0.15, 0.2) is 0 Å². The number of benzene rings is 1. The van der Waals surface area contributed by atoms with Crippen molar-refractivity contribution in [2.75, 3.05) is 0 Å². The van der Waals surface area contributed by atoms with Gasteiger partial charge in [-0.3, -0.25) is 10.1 Å². The number of pyridine rings is 1. The number of hydrogen-bond acceptors (Lipinski definition) is 5. The van der Waals surface area contributed by atoms with Gasteiger partial charge in [-0.05, 0) is 18.2 Å². The Kier molecular flexibility index (Phi) is 3.16. The highest BCUT2D eigenvalue weighted by atomic mass is 16.6. The molecule has 18 heavy (non-hydrogen) atoms. The van der Waals surface area contributed by atoms with E-state index in [9.17, 15) is 10.1 Å². The van der Waals surface area contributed by atoms with Gasteiger partial charge in [0.1, 0.15) is 23.3 Å². The van der Waals surface area contributed by atoms with E-state index in [4.69, 9.17) is 10.00 Å². The molecule has 0 fully saturated rings. The van der Waals surface area contributed by atoms with Crippen molar-refractivity contribution >= 4 is 5.69 Å². The number of nitro benzene ring substituents is 1. The summed E-state index contributed by atoms with van der Waals surface area (Å²) in [5.41, 5.74) is 0.240. The van der Waals surface area contributed by atoms with Crippen LogP contribution < -0.4 is 4.74 Å². The van der Waals surface area contributed by atoms with Crippen LogP contribution >= 0.6 is 0 Å². The third-order valence-electron chi connectivity index (χ3n) is 2.13. The summed E-state index contributed by atoms with van der Waals surface area (Å²) < 4.78 is 5.44. The number of non-ortho nitro benzene ring substituents is 1. The Morgan fingerprint density at radius 2 is 1.94 bits per heavy atom. The van der Waals surface area contributed by atoms with Crippen molar-refractivity contribution < 1.29 is 9.66 Å². The van der Waals surface area contributed by atoms with E-state index < -0.39 is 4.92 Å². The third kappa shape index (κ3) is 2.59. The van der Waals surface area contributed by atoms with Gasteiger partial charge in [-0.15, -0.1) is 0 Å². The zero-order valence-corrected chi connectivity index (χ0v) is 9.11. The van der Waals surface area contributed by atoms with Gasteiger partial charge < -0.3 is 4.74 Å². The Bertz CT molecular complexity index is 617. The Hall–Kier alpha value is -2.94. The summed E-state index contributed by atoms with van der Waals surface area (Å²) in [6, 6.07) is 10.7. The molecule has 2 rings (SSSR count). The van der Waals surface area contributed by atoms with Crippen LogP contribution in [-0.4, -0.2) is 9.91 Å². The van der Waals surface area contributed by atoms with Crippen molar-refractivity contribution in [1.29, 1.82) is 5.26 Å². The van der Waals surface area contributed by atoms with E-state index in [1.807, 2.05) is 6.07 Å². The van der Waals surface area contributed by atoms with Crippen molar-refractivity contribution in [3.8, 4) is 17.6 Å². The molecule has 0 aliphatic heterocycles. The maximum atomic E-state index is 10.5. The molecule has 88 valence electrons. The lowest BCUT2D eigenvalue weighted by Gasteiger charge is -2.04. The maximum Gasteiger partial charge on any atom is 0.269 e. The maximum absolute atomic E-state index is 10.5. The molecule has 0 unspecified atom stereocenters. The van der Waals surface area contributed by atoms with Crippen LogP contribution in [0.5, 0.6) is 11.5 Å². The van der Waals surface area contributed by atoms with Gasteiger partial charge >= 0.3 is 0 Å². The summed E-state index contributed by atoms with van der Waals surface area (Å²) in [5.74, 6) is 0.908. The minimum absolute atomic E-state index is 0.00482. The van der Waals surface area contributed by atoms with Crippen LogP contribution in [0.3, 0.4) is 0 Å². The lowest BCUT2D eigenvalue weighted by Crippen LogP contribution is -1.89. The molecule has 0 N–H and O–H groups in total. The summed E-state index contributed by atoms with van der Waals surface area (Å²) in [7, 11) is 0. The second-order valence-corrected chi connectivity index (χ2v) is 3.34. The predicted octanol–water partition coefficient (Wildman–Crippen LogP) is 2.65. The standard InChI is InChI=1S/C12H7N3O3/c13-8-9-7-12(5-6-14-9)18-11-3-1-10(2-4-11)15(16)17/h1-7H. The molecular formula is C12H7N3O3. The average Bonchev–Trinajstić information content (AvgIpc) is 2.39. The van der Waals surface area contributed by atoms with Crippen LogP contribution in [0.15, 0.2) is 42.6 Å². The van der Waals surface area contributed by atoms with E-state index in [1.165, 1.54) is 36.5 Å². The largest absolute Gasteiger partial charge is 0.457 e. The van der Waals surface area contributed by atoms with Crippen molar-refractivity contribution in [3.05, 3.63) is 58.4 Å². The first-order valence-corrected chi connectivity index (χ1v) is 4.97. The first-order chi connectivity index (χ1) is 8.69. The lowest BCUT2D eigenvalue weighted by atomic mass is 10.3. The third-order valence-corrected chi connectivity index (χ3v) is 2.13. The molecule has 1 aromatic heterocycles. The first kappa shape index (κ1) is 11.5. The number of aromatic nitrogens is 1. The number of rotatable bonds is 3. The van der Waals surface area contributed by atoms with Gasteiger partial charge in [0.05, 0.1) is 4.92 Å². The SMILES string of the molecule is N#Cc1cc(Oc2ccc([N+](=O)[O-])cc2)ccn1. The van der Waals surface area contributed by atoms with E-state index in [1.54, 1.807) is 6.07 Å². The second kappa shape index (κ2) is 4.93. The van der Waals surface area contributed by atoms with E-state index in [-0.39, 0.29) is 11.4 Å². The van der Waals surface area contributed by atoms with Gasteiger partial charge in [0.25, 0.3) is 5.69 Å². The summed E-state index contributed by atoms with van der Waals surface area (Å²) >= 11 is 0. The molecule has 0 aliphatic rings. The first-order valence-electron chi connectivity index (χ1n) is 4.97. The van der Waals surface area contributed by atoms with Crippen LogP contribution in [0.25, 0.3) is 0 Å². The van der Waals surface area contributed by atoms with Crippen LogP contribution in [-0.2, 0) is 0 Å². The van der Waals surface area contributed by atoms with Crippen molar-refractivity contribution in [2.24, 2.45) is 0 Å². The molecule has 0 saturated heterocycles. The summed E-state index contributed by atoms with van der Waals surface area (Å²) in [6.07, 6.45) is 1.46. The fourth-order valence-corrected chi connectivity index (χ4v) is 1.31. The van der Waals surface area contributed by atoms with Gasteiger partial charge in [-0.25, -0.2) is 4.98 Å². The Morgan fingerprint density at radius 1 is 1.22 bits per heavy atom. The Morgan fingerprint density at radius 3 is 2.56 bits per heavy atom. The second-order valence-electron chi connectivity index (χ2n) is 3.34. The number of nitrogens with zero attached hydrogens (tertiary/aromatic N) is 3. The monoisotopic (exact) mass is 241 g/mol. The zero-order chi connectivity index (χ0) is 13.0. The molecule has 0 amide bonds. The van der Waals surface area contributed by atoms with Gasteiger partial charge in [0, 0.05) is 24.4 Å². The summed E-state index contributed by atoms with van der Waals surface area (Å²) in [4.78, 5) is 13.8. The zero-order valence-electron chi connectivity index (χ0n) is 9.11. The number of nitriles is 1. The molecular weight excluding hydrogens is 234 g/mol. The number of ether oxygens (including phenoxy) is 1. The number of hydrogen-bond donors (Lipinski definition) is 0. The molecule has 6 nitrogen and oxygen atoms in total. The Balaban J connectivity index is 2.18. The highest BCUT2D eigenvalue weighted by molar-refractivity contribution is 5.39. The van der Waals surface area contributed by atoms with Crippen LogP contribution in [0.1, 0.15) is 5.69 Å². The van der Waals surface area contributed by atoms with Gasteiger partial charge in [-0.1, -0.05) is 0 Å². The fraction of sp³-hybridized carbons (Fsp3) is 0. The quantitative estimate of drug-likeness (QED) is 0.608. The highest BCUT2D eigenvalue weighted by Crippen LogP contribution is 2.23. The van der Waals surface area contributed by atoms with Crippen LogP contribution in [0.2, 0.25) is 0 Å². The minimum Gasteiger partial charge on any atom is -0.457 e. The normalized spacial score (nSPS) is 9.50. The highest BCUT2D eigenvalue weighted by Gasteiger charge is 2.05. The summed E-state index contributed by atoms with van der Waals surface area (Å²) in [6.45, 7) is 0. The molecule has 0 aliphatic carbocycles. The molecule has 0 saturated carbocycles. The topological polar surface area (TPSA) is 89.0 Å². The van der Waals surface area contributed by atoms with Crippen LogP contribution in [0.4, 0.5) is 5.69 Å². The molecule has 0 bridgehead atoms. The van der Waals surface area contributed by atoms with E-state index >= 15 is 0 Å². The molecule has 1 heterocycles.